The molecular weight excluding hydrogens is 248 g/mol. The van der Waals surface area contributed by atoms with Crippen LogP contribution in [0.4, 0.5) is 5.82 Å². The molecule has 1 saturated heterocycles. The molecule has 0 radical (unpaired) electrons. The summed E-state index contributed by atoms with van der Waals surface area (Å²) in [5, 5.41) is 8.77. The molecule has 19 heavy (non-hydrogen) atoms. The lowest BCUT2D eigenvalue weighted by atomic mass is 10.2. The number of methoxy groups -OCH3 is 1. The smallest absolute Gasteiger partial charge is 0.317 e. The highest BCUT2D eigenvalue weighted by atomic mass is 16.5. The van der Waals surface area contributed by atoms with E-state index >= 15 is 0 Å². The van der Waals surface area contributed by atoms with E-state index in [0.717, 1.165) is 37.6 Å². The summed E-state index contributed by atoms with van der Waals surface area (Å²) >= 11 is 0. The minimum absolute atomic E-state index is 0.0971. The topological polar surface area (TPSA) is 78.8 Å². The monoisotopic (exact) mass is 266 g/mol. The molecule has 0 bridgehead atoms. The van der Waals surface area contributed by atoms with Gasteiger partial charge in [0, 0.05) is 26.2 Å². The van der Waals surface area contributed by atoms with Gasteiger partial charge in [0.2, 0.25) is 5.88 Å². The number of ether oxygens (including phenoxy) is 1. The van der Waals surface area contributed by atoms with Gasteiger partial charge in [-0.15, -0.1) is 0 Å². The first-order valence-electron chi connectivity index (χ1n) is 6.16. The lowest BCUT2D eigenvalue weighted by Gasteiger charge is -2.35. The van der Waals surface area contributed by atoms with Crippen LogP contribution in [0, 0.1) is 6.92 Å². The molecule has 0 aliphatic carbocycles. The zero-order chi connectivity index (χ0) is 13.8. The molecule has 1 N–H and O–H groups in total. The van der Waals surface area contributed by atoms with Gasteiger partial charge in [0.15, 0.2) is 0 Å². The van der Waals surface area contributed by atoms with E-state index in [1.54, 1.807) is 7.11 Å². The van der Waals surface area contributed by atoms with Crippen LogP contribution < -0.4 is 9.64 Å². The molecule has 7 heteroatoms. The van der Waals surface area contributed by atoms with Crippen LogP contribution in [-0.2, 0) is 4.79 Å². The Labute approximate surface area is 111 Å². The first kappa shape index (κ1) is 13.5. The first-order valence-corrected chi connectivity index (χ1v) is 6.16. The van der Waals surface area contributed by atoms with Gasteiger partial charge in [0.05, 0.1) is 19.2 Å². The van der Waals surface area contributed by atoms with Crippen molar-refractivity contribution in [3.63, 3.8) is 0 Å². The molecule has 0 atom stereocenters. The highest BCUT2D eigenvalue weighted by Gasteiger charge is 2.21. The summed E-state index contributed by atoms with van der Waals surface area (Å²) in [5.41, 5.74) is 0.914. The number of carboxylic acids is 1. The van der Waals surface area contributed by atoms with Crippen molar-refractivity contribution >= 4 is 11.8 Å². The van der Waals surface area contributed by atoms with Crippen LogP contribution in [0.1, 0.15) is 5.56 Å². The van der Waals surface area contributed by atoms with Crippen LogP contribution in [0.3, 0.4) is 0 Å². The van der Waals surface area contributed by atoms with E-state index in [4.69, 9.17) is 9.84 Å². The minimum Gasteiger partial charge on any atom is -0.481 e. The van der Waals surface area contributed by atoms with E-state index in [1.807, 2.05) is 11.8 Å². The van der Waals surface area contributed by atoms with Gasteiger partial charge in [0.25, 0.3) is 0 Å². The Kier molecular flexibility index (Phi) is 4.16. The molecule has 2 rings (SSSR count). The van der Waals surface area contributed by atoms with Crippen molar-refractivity contribution < 1.29 is 14.6 Å². The van der Waals surface area contributed by atoms with Crippen molar-refractivity contribution in [3.8, 4) is 5.88 Å². The Morgan fingerprint density at radius 3 is 2.63 bits per heavy atom. The maximum Gasteiger partial charge on any atom is 0.317 e. The van der Waals surface area contributed by atoms with E-state index in [9.17, 15) is 4.79 Å². The molecule has 0 unspecified atom stereocenters. The Hall–Kier alpha value is -1.89. The second-order valence-electron chi connectivity index (χ2n) is 4.49. The fraction of sp³-hybridized carbons (Fsp3) is 0.583. The van der Waals surface area contributed by atoms with Gasteiger partial charge in [-0.1, -0.05) is 0 Å². The number of rotatable bonds is 4. The molecule has 1 aromatic rings. The van der Waals surface area contributed by atoms with Gasteiger partial charge < -0.3 is 14.7 Å². The Morgan fingerprint density at radius 2 is 2.05 bits per heavy atom. The Bertz CT molecular complexity index is 458. The molecule has 1 aliphatic heterocycles. The molecule has 1 fully saturated rings. The van der Waals surface area contributed by atoms with E-state index < -0.39 is 5.97 Å². The second kappa shape index (κ2) is 5.83. The fourth-order valence-electron chi connectivity index (χ4n) is 2.26. The number of aromatic nitrogens is 2. The molecule has 2 heterocycles. The van der Waals surface area contributed by atoms with Gasteiger partial charge >= 0.3 is 5.97 Å². The quantitative estimate of drug-likeness (QED) is 0.821. The lowest BCUT2D eigenvalue weighted by molar-refractivity contribution is -0.138. The summed E-state index contributed by atoms with van der Waals surface area (Å²) < 4.78 is 5.18. The highest BCUT2D eigenvalue weighted by Crippen LogP contribution is 2.24. The first-order chi connectivity index (χ1) is 9.11. The molecule has 0 saturated carbocycles. The number of carbonyl (C=O) groups is 1. The summed E-state index contributed by atoms with van der Waals surface area (Å²) in [6, 6.07) is 0. The standard InChI is InChI=1S/C12H18N4O3/c1-9-11(13-8-14-12(9)19-2)16-5-3-15(4-6-16)7-10(17)18/h8H,3-7H2,1-2H3,(H,17,18). The molecule has 104 valence electrons. The van der Waals surface area contributed by atoms with E-state index in [1.165, 1.54) is 6.33 Å². The van der Waals surface area contributed by atoms with E-state index in [0.29, 0.717) is 5.88 Å². The third kappa shape index (κ3) is 3.11. The second-order valence-corrected chi connectivity index (χ2v) is 4.49. The third-order valence-corrected chi connectivity index (χ3v) is 3.24. The summed E-state index contributed by atoms with van der Waals surface area (Å²) in [6.07, 6.45) is 1.49. The highest BCUT2D eigenvalue weighted by molar-refractivity contribution is 5.69. The van der Waals surface area contributed by atoms with Crippen molar-refractivity contribution in [1.82, 2.24) is 14.9 Å². The number of hydrogen-bond donors (Lipinski definition) is 1. The Balaban J connectivity index is 2.03. The number of aliphatic carboxylic acids is 1. The summed E-state index contributed by atoms with van der Waals surface area (Å²) in [6.45, 7) is 4.98. The summed E-state index contributed by atoms with van der Waals surface area (Å²) in [5.74, 6) is 0.660. The zero-order valence-electron chi connectivity index (χ0n) is 11.2. The number of hydrogen-bond acceptors (Lipinski definition) is 6. The van der Waals surface area contributed by atoms with Crippen LogP contribution in [0.2, 0.25) is 0 Å². The minimum atomic E-state index is -0.784. The average Bonchev–Trinajstić information content (AvgIpc) is 2.39. The fourth-order valence-corrected chi connectivity index (χ4v) is 2.26. The van der Waals surface area contributed by atoms with Gasteiger partial charge in [0.1, 0.15) is 12.1 Å². The average molecular weight is 266 g/mol. The van der Waals surface area contributed by atoms with Crippen LogP contribution in [0.25, 0.3) is 0 Å². The largest absolute Gasteiger partial charge is 0.481 e. The molecule has 1 aliphatic rings. The van der Waals surface area contributed by atoms with Crippen LogP contribution in [0.15, 0.2) is 6.33 Å². The Morgan fingerprint density at radius 1 is 1.37 bits per heavy atom. The lowest BCUT2D eigenvalue weighted by Crippen LogP contribution is -2.48. The number of anilines is 1. The third-order valence-electron chi connectivity index (χ3n) is 3.24. The molecule has 0 aromatic carbocycles. The maximum absolute atomic E-state index is 10.7. The molecule has 7 nitrogen and oxygen atoms in total. The van der Waals surface area contributed by atoms with E-state index in [2.05, 4.69) is 14.9 Å². The number of nitrogens with zero attached hydrogens (tertiary/aromatic N) is 4. The normalized spacial score (nSPS) is 16.4. The predicted molar refractivity (Wildman–Crippen MR) is 69.6 cm³/mol. The van der Waals surface area contributed by atoms with Crippen molar-refractivity contribution in [2.75, 3.05) is 44.7 Å². The van der Waals surface area contributed by atoms with Crippen molar-refractivity contribution in [2.24, 2.45) is 0 Å². The van der Waals surface area contributed by atoms with Gasteiger partial charge in [-0.25, -0.2) is 9.97 Å². The summed E-state index contributed by atoms with van der Waals surface area (Å²) in [7, 11) is 1.59. The zero-order valence-corrected chi connectivity index (χ0v) is 11.2. The maximum atomic E-state index is 10.7. The molecule has 0 spiro atoms. The summed E-state index contributed by atoms with van der Waals surface area (Å²) in [4.78, 5) is 23.1. The molecular formula is C12H18N4O3. The SMILES string of the molecule is COc1ncnc(N2CCN(CC(=O)O)CC2)c1C. The van der Waals surface area contributed by atoms with Gasteiger partial charge in [-0.05, 0) is 6.92 Å². The number of piperazine rings is 1. The van der Waals surface area contributed by atoms with Crippen molar-refractivity contribution in [1.29, 1.82) is 0 Å². The predicted octanol–water partition coefficient (Wildman–Crippen LogP) is 0.000220. The molecule has 1 aromatic heterocycles. The van der Waals surface area contributed by atoms with Crippen LogP contribution >= 0.6 is 0 Å². The van der Waals surface area contributed by atoms with Crippen molar-refractivity contribution in [3.05, 3.63) is 11.9 Å². The molecule has 0 amide bonds. The van der Waals surface area contributed by atoms with Crippen molar-refractivity contribution in [2.45, 2.75) is 6.92 Å². The van der Waals surface area contributed by atoms with Crippen LogP contribution in [-0.4, -0.2) is 65.8 Å². The van der Waals surface area contributed by atoms with Gasteiger partial charge in [-0.2, -0.15) is 0 Å². The van der Waals surface area contributed by atoms with Crippen LogP contribution in [0.5, 0.6) is 5.88 Å². The van der Waals surface area contributed by atoms with E-state index in [-0.39, 0.29) is 6.54 Å². The number of carboxylic acid groups (broad SMARTS) is 1. The van der Waals surface area contributed by atoms with Gasteiger partial charge in [-0.3, -0.25) is 9.69 Å².